The SMILES string of the molecule is [C+]#C[Si](C[CH2+])(C[CH2-])C[CH2-]. The normalized spacial score (nSPS) is 11.1. The Morgan fingerprint density at radius 2 is 1.89 bits per heavy atom. The van der Waals surface area contributed by atoms with Crippen LogP contribution in [0.5, 0.6) is 0 Å². The Labute approximate surface area is 59.7 Å². The van der Waals surface area contributed by atoms with Gasteiger partial charge >= 0.3 is 58.9 Å². The molecule has 0 fully saturated rings. The van der Waals surface area contributed by atoms with E-state index in [2.05, 4.69) is 26.3 Å². The van der Waals surface area contributed by atoms with E-state index in [1.807, 2.05) is 0 Å². The van der Waals surface area contributed by atoms with Crippen molar-refractivity contribution in [3.63, 3.8) is 0 Å². The first-order valence-electron chi connectivity index (χ1n) is 3.06. The molecule has 0 aromatic heterocycles. The van der Waals surface area contributed by atoms with Crippen LogP contribution in [0.25, 0.3) is 0 Å². The van der Waals surface area contributed by atoms with Gasteiger partial charge < -0.3 is 0 Å². The van der Waals surface area contributed by atoms with Crippen LogP contribution in [-0.4, -0.2) is 8.07 Å². The third-order valence-corrected chi connectivity index (χ3v) is 5.10. The van der Waals surface area contributed by atoms with Crippen molar-refractivity contribution in [2.75, 3.05) is 0 Å². The molecule has 0 spiro atoms. The molecule has 0 amide bonds. The Bertz CT molecular complexity index is 98.0. The fraction of sp³-hybridized carbons (Fsp3) is 0.375. The average Bonchev–Trinajstić information content (AvgIpc) is 1.95. The molecule has 0 saturated heterocycles. The Hall–Kier alpha value is -0.133. The molecule has 0 saturated carbocycles. The standard InChI is InChI=1S/C8H12Si/c1-5-9(6-2,7-3)8-4/h1-3,5-7H2. The molecular formula is C8H12Si. The first kappa shape index (κ1) is 8.87. The average molecular weight is 136 g/mol. The Morgan fingerprint density at radius 3 is 1.89 bits per heavy atom. The summed E-state index contributed by atoms with van der Waals surface area (Å²) in [5.74, 6) is 0. The van der Waals surface area contributed by atoms with Gasteiger partial charge in [0.2, 0.25) is 0 Å². The zero-order chi connectivity index (χ0) is 7.33. The molecule has 1 heteroatoms. The number of hydrogen-bond acceptors (Lipinski definition) is 0. The zero-order valence-electron chi connectivity index (χ0n) is 5.74. The second-order valence-corrected chi connectivity index (χ2v) is 6.47. The van der Waals surface area contributed by atoms with E-state index in [4.69, 9.17) is 6.42 Å². The Balaban J connectivity index is 4.04. The van der Waals surface area contributed by atoms with E-state index in [1.54, 1.807) is 0 Å². The zero-order valence-corrected chi connectivity index (χ0v) is 6.74. The number of rotatable bonds is 3. The summed E-state index contributed by atoms with van der Waals surface area (Å²) in [4.78, 5) is 0. The summed E-state index contributed by atoms with van der Waals surface area (Å²) >= 11 is 0. The van der Waals surface area contributed by atoms with Crippen molar-refractivity contribution in [1.82, 2.24) is 0 Å². The van der Waals surface area contributed by atoms with Gasteiger partial charge in [0.15, 0.2) is 0 Å². The molecule has 0 rings (SSSR count). The first-order valence-corrected chi connectivity index (χ1v) is 5.68. The van der Waals surface area contributed by atoms with Crippen molar-refractivity contribution in [1.29, 1.82) is 0 Å². The Morgan fingerprint density at radius 1 is 1.44 bits per heavy atom. The summed E-state index contributed by atoms with van der Waals surface area (Å²) in [6, 6.07) is 2.43. The molecule has 0 radical (unpaired) electrons. The predicted molar refractivity (Wildman–Crippen MR) is 43.4 cm³/mol. The van der Waals surface area contributed by atoms with Gasteiger partial charge in [-0.2, -0.15) is 0 Å². The van der Waals surface area contributed by atoms with Crippen LogP contribution >= 0.6 is 0 Å². The maximum absolute atomic E-state index is 7.00. The van der Waals surface area contributed by atoms with Crippen LogP contribution in [0.4, 0.5) is 0 Å². The minimum atomic E-state index is -1.61. The molecule has 48 valence electrons. The summed E-state index contributed by atoms with van der Waals surface area (Å²) in [5.41, 5.74) is 2.57. The van der Waals surface area contributed by atoms with E-state index >= 15 is 0 Å². The fourth-order valence-electron chi connectivity index (χ4n) is 0.562. The van der Waals surface area contributed by atoms with Gasteiger partial charge in [0.1, 0.15) is 0 Å². The summed E-state index contributed by atoms with van der Waals surface area (Å²) in [5, 5.41) is 0. The van der Waals surface area contributed by atoms with Crippen LogP contribution in [0.3, 0.4) is 0 Å². The summed E-state index contributed by atoms with van der Waals surface area (Å²) in [6.07, 6.45) is 7.00. The van der Waals surface area contributed by atoms with Crippen molar-refractivity contribution in [3.8, 4) is 5.54 Å². The second-order valence-electron chi connectivity index (χ2n) is 2.16. The van der Waals surface area contributed by atoms with Gasteiger partial charge in [0.25, 0.3) is 0 Å². The van der Waals surface area contributed by atoms with E-state index < -0.39 is 8.07 Å². The van der Waals surface area contributed by atoms with Crippen LogP contribution in [0.1, 0.15) is 0 Å². The molecule has 0 aromatic carbocycles. The van der Waals surface area contributed by atoms with Crippen molar-refractivity contribution in [3.05, 3.63) is 27.2 Å². The minimum absolute atomic E-state index is 0.809. The molecule has 0 aliphatic heterocycles. The molecule has 0 aliphatic carbocycles. The summed E-state index contributed by atoms with van der Waals surface area (Å²) in [7, 11) is -1.61. The quantitative estimate of drug-likeness (QED) is 0.316. The van der Waals surface area contributed by atoms with Gasteiger partial charge in [-0.1, -0.05) is 0 Å². The molecule has 9 heavy (non-hydrogen) atoms. The number of hydrogen-bond donors (Lipinski definition) is 0. The van der Waals surface area contributed by atoms with Crippen LogP contribution in [0, 0.1) is 32.7 Å². The summed E-state index contributed by atoms with van der Waals surface area (Å²) < 4.78 is 0. The Kier molecular flexibility index (Phi) is 3.75. The molecule has 0 bridgehead atoms. The van der Waals surface area contributed by atoms with Gasteiger partial charge in [-0.05, 0) is 0 Å². The molecule has 0 aromatic rings. The fourth-order valence-corrected chi connectivity index (χ4v) is 1.69. The molecule has 0 nitrogen and oxygen atoms in total. The van der Waals surface area contributed by atoms with E-state index in [1.165, 1.54) is 0 Å². The molecule has 0 aliphatic rings. The van der Waals surface area contributed by atoms with Crippen LogP contribution in [0.15, 0.2) is 0 Å². The van der Waals surface area contributed by atoms with Gasteiger partial charge in [-0.3, -0.25) is 0 Å². The van der Waals surface area contributed by atoms with Crippen LogP contribution in [0.2, 0.25) is 18.1 Å². The van der Waals surface area contributed by atoms with Crippen LogP contribution < -0.4 is 0 Å². The second kappa shape index (κ2) is 3.81. The maximum atomic E-state index is 7.00. The topological polar surface area (TPSA) is 0 Å². The van der Waals surface area contributed by atoms with Crippen molar-refractivity contribution in [2.24, 2.45) is 0 Å². The molecular weight excluding hydrogens is 124 g/mol. The third kappa shape index (κ3) is 1.92. The van der Waals surface area contributed by atoms with Crippen molar-refractivity contribution < 1.29 is 0 Å². The molecule has 0 N–H and O–H groups in total. The monoisotopic (exact) mass is 136 g/mol. The first-order chi connectivity index (χ1) is 4.24. The van der Waals surface area contributed by atoms with Crippen LogP contribution in [-0.2, 0) is 0 Å². The van der Waals surface area contributed by atoms with E-state index in [9.17, 15) is 0 Å². The van der Waals surface area contributed by atoms with E-state index in [0.29, 0.717) is 0 Å². The van der Waals surface area contributed by atoms with Gasteiger partial charge in [-0.25, -0.2) is 0 Å². The van der Waals surface area contributed by atoms with Crippen molar-refractivity contribution in [2.45, 2.75) is 18.1 Å². The van der Waals surface area contributed by atoms with Gasteiger partial charge in [0.05, 0.1) is 0 Å². The van der Waals surface area contributed by atoms with Crippen molar-refractivity contribution >= 4 is 8.07 Å². The molecule has 0 unspecified atom stereocenters. The van der Waals surface area contributed by atoms with Gasteiger partial charge in [-0.15, -0.1) is 0 Å². The molecule has 0 heterocycles. The van der Waals surface area contributed by atoms with E-state index in [-0.39, 0.29) is 0 Å². The summed E-state index contributed by atoms with van der Waals surface area (Å²) in [6.45, 7) is 11.3. The third-order valence-electron chi connectivity index (χ3n) is 1.70. The van der Waals surface area contributed by atoms with E-state index in [0.717, 1.165) is 18.1 Å². The molecule has 0 atom stereocenters. The van der Waals surface area contributed by atoms with Gasteiger partial charge in [0, 0.05) is 0 Å². The predicted octanol–water partition coefficient (Wildman–Crippen LogP) is 2.07.